The average molecular weight is 461 g/mol. The van der Waals surface area contributed by atoms with Crippen LogP contribution in [0.2, 0.25) is 0 Å². The van der Waals surface area contributed by atoms with Gasteiger partial charge in [0.05, 0.1) is 5.34 Å². The fourth-order valence-electron chi connectivity index (χ4n) is 2.30. The van der Waals surface area contributed by atoms with Crippen LogP contribution in [-0.2, 0) is 41.7 Å². The average Bonchev–Trinajstić information content (AvgIpc) is 2.66. The second-order valence-electron chi connectivity index (χ2n) is 4.48. The van der Waals surface area contributed by atoms with Crippen LogP contribution in [0.1, 0.15) is 0 Å². The molecule has 2 aromatic rings. The molecule has 0 atom stereocenters. The van der Waals surface area contributed by atoms with Crippen molar-refractivity contribution in [3.8, 4) is 0 Å². The first-order valence-electron chi connectivity index (χ1n) is 6.95. The molecule has 2 aromatic carbocycles. The zero-order chi connectivity index (χ0) is 19.1. The number of hydrogen-bond donors (Lipinski definition) is 0. The smallest absolute Gasteiger partial charge is 0.219 e. The van der Waals surface area contributed by atoms with Crippen molar-refractivity contribution in [3.05, 3.63) is 36.4 Å². The highest BCUT2D eigenvalue weighted by Gasteiger charge is 2.28. The predicted octanol–water partition coefficient (Wildman–Crippen LogP) is 4.72. The molecule has 0 radical (unpaired) electrons. The Hall–Kier alpha value is 0.420. The normalized spacial score (nSPS) is 11.9. The minimum atomic E-state index is -2.60. The van der Waals surface area contributed by atoms with Crippen molar-refractivity contribution in [2.24, 2.45) is 0 Å². The van der Waals surface area contributed by atoms with E-state index in [0.717, 1.165) is 21.4 Å². The Labute approximate surface area is 169 Å². The summed E-state index contributed by atoms with van der Waals surface area (Å²) >= 11 is 20.8. The molecule has 0 fully saturated rings. The van der Waals surface area contributed by atoms with Gasteiger partial charge in [-0.3, -0.25) is 0 Å². The monoisotopic (exact) mass is 460 g/mol. The van der Waals surface area contributed by atoms with Gasteiger partial charge < -0.3 is 18.1 Å². The van der Waals surface area contributed by atoms with Crippen LogP contribution in [0.25, 0.3) is 10.8 Å². The minimum Gasteiger partial charge on any atom is -0.329 e. The Morgan fingerprint density at radius 3 is 1.36 bits per heavy atom. The lowest BCUT2D eigenvalue weighted by atomic mass is 10.1. The standard InChI is InChI=1S/C14H18O4P2S2.CH2Cl2/c1-15-19(21,16-2)12-9-5-7-11-8-6-10-13(14(11)12)20(22,17-3)18-4;2-1-3/h5-10H,1-4H3;1H2. The molecular formula is C15H20Cl2O4P2S2. The molecule has 10 heteroatoms. The van der Waals surface area contributed by atoms with Crippen molar-refractivity contribution in [3.63, 3.8) is 0 Å². The van der Waals surface area contributed by atoms with E-state index in [4.69, 9.17) is 64.9 Å². The van der Waals surface area contributed by atoms with Gasteiger partial charge in [-0.25, -0.2) is 0 Å². The van der Waals surface area contributed by atoms with Crippen LogP contribution in [0, 0.1) is 0 Å². The molecule has 140 valence electrons. The Bertz CT molecular complexity index is 727. The van der Waals surface area contributed by atoms with Gasteiger partial charge in [-0.1, -0.05) is 24.3 Å². The molecule has 4 nitrogen and oxygen atoms in total. The molecule has 0 aliphatic rings. The highest BCUT2D eigenvalue weighted by molar-refractivity contribution is 8.14. The van der Waals surface area contributed by atoms with Gasteiger partial charge in [0.1, 0.15) is 0 Å². The van der Waals surface area contributed by atoms with E-state index in [9.17, 15) is 0 Å². The molecule has 25 heavy (non-hydrogen) atoms. The van der Waals surface area contributed by atoms with E-state index in [-0.39, 0.29) is 5.34 Å². The predicted molar refractivity (Wildman–Crippen MR) is 116 cm³/mol. The minimum absolute atomic E-state index is 0.194. The lowest BCUT2D eigenvalue weighted by Gasteiger charge is -2.24. The van der Waals surface area contributed by atoms with E-state index in [1.807, 2.05) is 36.4 Å². The van der Waals surface area contributed by atoms with Gasteiger partial charge in [0.2, 0.25) is 13.0 Å². The van der Waals surface area contributed by atoms with Crippen LogP contribution in [-0.4, -0.2) is 33.8 Å². The van der Waals surface area contributed by atoms with Gasteiger partial charge in [-0.2, -0.15) is 0 Å². The largest absolute Gasteiger partial charge is 0.329 e. The second kappa shape index (κ2) is 10.7. The Kier molecular flexibility index (Phi) is 10.0. The summed E-state index contributed by atoms with van der Waals surface area (Å²) in [6, 6.07) is 11.7. The highest BCUT2D eigenvalue weighted by atomic mass is 35.5. The molecule has 2 rings (SSSR count). The zero-order valence-corrected chi connectivity index (χ0v) is 19.2. The molecule has 0 aliphatic carbocycles. The van der Waals surface area contributed by atoms with Gasteiger partial charge in [0, 0.05) is 44.4 Å². The second-order valence-corrected chi connectivity index (χ2v) is 12.6. The van der Waals surface area contributed by atoms with Crippen molar-refractivity contribution in [2.75, 3.05) is 33.8 Å². The van der Waals surface area contributed by atoms with Gasteiger partial charge in [0.15, 0.2) is 0 Å². The molecule has 0 N–H and O–H groups in total. The van der Waals surface area contributed by atoms with Gasteiger partial charge in [0.25, 0.3) is 0 Å². The van der Waals surface area contributed by atoms with Crippen LogP contribution < -0.4 is 10.6 Å². The summed E-state index contributed by atoms with van der Waals surface area (Å²) in [5, 5.41) is 3.75. The van der Waals surface area contributed by atoms with Crippen molar-refractivity contribution in [2.45, 2.75) is 0 Å². The SMILES string of the molecule is COP(=S)(OC)c1cccc2cccc(P(=S)(OC)OC)c12.ClCCl. The summed E-state index contributed by atoms with van der Waals surface area (Å²) in [7, 11) is 6.26. The summed E-state index contributed by atoms with van der Waals surface area (Å²) in [5.74, 6) is 0. The number of benzene rings is 2. The van der Waals surface area contributed by atoms with E-state index in [1.54, 1.807) is 28.4 Å². The molecule has 0 saturated heterocycles. The molecular weight excluding hydrogens is 441 g/mol. The third-order valence-electron chi connectivity index (χ3n) is 3.41. The van der Waals surface area contributed by atoms with Crippen LogP contribution in [0.15, 0.2) is 36.4 Å². The number of alkyl halides is 2. The number of hydrogen-bond acceptors (Lipinski definition) is 6. The Balaban J connectivity index is 0.000000970. The lowest BCUT2D eigenvalue weighted by molar-refractivity contribution is 0.347. The first-order chi connectivity index (χ1) is 11.9. The van der Waals surface area contributed by atoms with E-state index in [0.29, 0.717) is 0 Å². The fourth-order valence-corrected chi connectivity index (χ4v) is 5.97. The van der Waals surface area contributed by atoms with E-state index in [1.165, 1.54) is 0 Å². The summed E-state index contributed by atoms with van der Waals surface area (Å²) in [4.78, 5) is 0. The molecule has 0 spiro atoms. The molecule has 0 heterocycles. The van der Waals surface area contributed by atoms with Crippen molar-refractivity contribution in [1.82, 2.24) is 0 Å². The summed E-state index contributed by atoms with van der Waals surface area (Å²) in [5.41, 5.74) is 0. The maximum Gasteiger partial charge on any atom is 0.219 e. The van der Waals surface area contributed by atoms with Gasteiger partial charge in [-0.15, -0.1) is 23.2 Å². The van der Waals surface area contributed by atoms with Crippen molar-refractivity contribution in [1.29, 1.82) is 0 Å². The number of rotatable bonds is 6. The molecule has 0 unspecified atom stereocenters. The number of fused-ring (bicyclic) bond motifs is 1. The molecule has 0 saturated carbocycles. The maximum absolute atomic E-state index is 5.62. The first kappa shape index (κ1) is 23.5. The van der Waals surface area contributed by atoms with Crippen molar-refractivity contribution < 1.29 is 18.1 Å². The first-order valence-corrected chi connectivity index (χ1v) is 13.3. The maximum atomic E-state index is 5.62. The zero-order valence-electron chi connectivity index (χ0n) is 14.3. The third kappa shape index (κ3) is 5.24. The van der Waals surface area contributed by atoms with Crippen LogP contribution in [0.3, 0.4) is 0 Å². The quantitative estimate of drug-likeness (QED) is 0.458. The topological polar surface area (TPSA) is 36.9 Å². The summed E-state index contributed by atoms with van der Waals surface area (Å²) in [6.07, 6.45) is 0. The molecule has 0 aromatic heterocycles. The van der Waals surface area contributed by atoms with E-state index >= 15 is 0 Å². The summed E-state index contributed by atoms with van der Waals surface area (Å²) < 4.78 is 22.1. The van der Waals surface area contributed by atoms with Crippen molar-refractivity contribution >= 4 is 81.2 Å². The van der Waals surface area contributed by atoms with Crippen LogP contribution in [0.5, 0.6) is 0 Å². The Morgan fingerprint density at radius 2 is 1.08 bits per heavy atom. The highest BCUT2D eigenvalue weighted by Crippen LogP contribution is 2.51. The molecule has 0 aliphatic heterocycles. The van der Waals surface area contributed by atoms with Crippen LogP contribution >= 0.6 is 36.2 Å². The van der Waals surface area contributed by atoms with Crippen LogP contribution in [0.4, 0.5) is 0 Å². The molecule has 0 amide bonds. The summed E-state index contributed by atoms with van der Waals surface area (Å²) in [6.45, 7) is -5.21. The molecule has 0 bridgehead atoms. The van der Waals surface area contributed by atoms with E-state index < -0.39 is 13.0 Å². The lowest BCUT2D eigenvalue weighted by Crippen LogP contribution is -2.18. The number of halogens is 2. The van der Waals surface area contributed by atoms with E-state index in [2.05, 4.69) is 0 Å². The Morgan fingerprint density at radius 1 is 0.760 bits per heavy atom. The fraction of sp³-hybridized carbons (Fsp3) is 0.333. The van der Waals surface area contributed by atoms with Gasteiger partial charge in [-0.05, 0) is 41.1 Å². The third-order valence-corrected chi connectivity index (χ3v) is 10.2. The van der Waals surface area contributed by atoms with Gasteiger partial charge >= 0.3 is 0 Å².